The van der Waals surface area contributed by atoms with Gasteiger partial charge < -0.3 is 5.32 Å². The molecule has 2 nitrogen and oxygen atoms in total. The molecule has 0 aliphatic carbocycles. The third-order valence-electron chi connectivity index (χ3n) is 3.19. The van der Waals surface area contributed by atoms with Crippen molar-refractivity contribution in [2.75, 3.05) is 13.1 Å². The Morgan fingerprint density at radius 3 is 2.21 bits per heavy atom. The second-order valence-electron chi connectivity index (χ2n) is 5.35. The maximum atomic E-state index is 13.0. The molecule has 0 aromatic heterocycles. The van der Waals surface area contributed by atoms with E-state index in [1.54, 1.807) is 6.07 Å². The highest BCUT2D eigenvalue weighted by atomic mass is 19.2. The molecule has 0 atom stereocenters. The van der Waals surface area contributed by atoms with Gasteiger partial charge in [0.25, 0.3) is 0 Å². The number of hydrogen-bond donors (Lipinski definition) is 1. The Labute approximate surface area is 114 Å². The largest absolute Gasteiger partial charge is 0.311 e. The van der Waals surface area contributed by atoms with Crippen LogP contribution in [0.5, 0.6) is 0 Å². The molecule has 19 heavy (non-hydrogen) atoms. The Morgan fingerprint density at radius 2 is 1.68 bits per heavy atom. The minimum absolute atomic E-state index is 0.505. The van der Waals surface area contributed by atoms with Crippen molar-refractivity contribution < 1.29 is 8.78 Å². The summed E-state index contributed by atoms with van der Waals surface area (Å²) in [4.78, 5) is 2.39. The molecule has 108 valence electrons. The number of halogens is 2. The van der Waals surface area contributed by atoms with E-state index in [0.717, 1.165) is 18.7 Å². The van der Waals surface area contributed by atoms with E-state index < -0.39 is 11.6 Å². The lowest BCUT2D eigenvalue weighted by molar-refractivity contribution is 0.176. The minimum Gasteiger partial charge on any atom is -0.311 e. The van der Waals surface area contributed by atoms with Crippen LogP contribution in [0.1, 0.15) is 33.3 Å². The number of nitrogens with zero attached hydrogens (tertiary/aromatic N) is 1. The molecule has 1 aromatic carbocycles. The summed E-state index contributed by atoms with van der Waals surface area (Å²) in [6.45, 7) is 11.0. The summed E-state index contributed by atoms with van der Waals surface area (Å²) < 4.78 is 25.8. The molecule has 0 radical (unpaired) electrons. The average Bonchev–Trinajstić information content (AvgIpc) is 2.32. The van der Waals surface area contributed by atoms with Gasteiger partial charge in [0.05, 0.1) is 0 Å². The van der Waals surface area contributed by atoms with Crippen molar-refractivity contribution in [3.8, 4) is 0 Å². The average molecular weight is 270 g/mol. The maximum Gasteiger partial charge on any atom is 0.159 e. The summed E-state index contributed by atoms with van der Waals surface area (Å²) in [6.07, 6.45) is 0. The Balaban J connectivity index is 2.36. The SMILES string of the molecule is CC(C)N(CCNCc1ccc(F)c(F)c1)C(C)C. The first-order valence-electron chi connectivity index (χ1n) is 6.82. The van der Waals surface area contributed by atoms with Crippen molar-refractivity contribution >= 4 is 0 Å². The van der Waals surface area contributed by atoms with Crippen LogP contribution in [0.3, 0.4) is 0 Å². The highest BCUT2D eigenvalue weighted by Gasteiger charge is 2.12. The van der Waals surface area contributed by atoms with Gasteiger partial charge in [0.15, 0.2) is 11.6 Å². The summed E-state index contributed by atoms with van der Waals surface area (Å²) in [6, 6.07) is 5.02. The second-order valence-corrected chi connectivity index (χ2v) is 5.35. The maximum absolute atomic E-state index is 13.0. The lowest BCUT2D eigenvalue weighted by Gasteiger charge is -2.30. The number of hydrogen-bond acceptors (Lipinski definition) is 2. The predicted molar refractivity (Wildman–Crippen MR) is 75.0 cm³/mol. The summed E-state index contributed by atoms with van der Waals surface area (Å²) in [5.41, 5.74) is 0.763. The lowest BCUT2D eigenvalue weighted by atomic mass is 10.2. The van der Waals surface area contributed by atoms with Gasteiger partial charge in [0.1, 0.15) is 0 Å². The molecule has 0 amide bonds. The lowest BCUT2D eigenvalue weighted by Crippen LogP contribution is -2.41. The van der Waals surface area contributed by atoms with Gasteiger partial charge in [0.2, 0.25) is 0 Å². The van der Waals surface area contributed by atoms with Crippen LogP contribution in [0.25, 0.3) is 0 Å². The van der Waals surface area contributed by atoms with Gasteiger partial charge in [-0.05, 0) is 45.4 Å². The van der Waals surface area contributed by atoms with E-state index in [1.807, 2.05) is 0 Å². The standard InChI is InChI=1S/C15H24F2N2/c1-11(2)19(12(3)4)8-7-18-10-13-5-6-14(16)15(17)9-13/h5-6,9,11-12,18H,7-8,10H2,1-4H3. The van der Waals surface area contributed by atoms with E-state index in [1.165, 1.54) is 12.1 Å². The summed E-state index contributed by atoms with van der Waals surface area (Å²) >= 11 is 0. The van der Waals surface area contributed by atoms with Crippen LogP contribution in [-0.2, 0) is 6.54 Å². The van der Waals surface area contributed by atoms with Crippen molar-refractivity contribution in [2.45, 2.75) is 46.3 Å². The molecule has 0 unspecified atom stereocenters. The van der Waals surface area contributed by atoms with Crippen molar-refractivity contribution in [3.05, 3.63) is 35.4 Å². The highest BCUT2D eigenvalue weighted by molar-refractivity contribution is 5.17. The van der Waals surface area contributed by atoms with E-state index in [2.05, 4.69) is 37.9 Å². The normalized spacial score (nSPS) is 11.8. The van der Waals surface area contributed by atoms with Crippen molar-refractivity contribution in [3.63, 3.8) is 0 Å². The molecule has 1 aromatic rings. The molecular formula is C15H24F2N2. The van der Waals surface area contributed by atoms with Crippen LogP contribution in [0.4, 0.5) is 8.78 Å². The van der Waals surface area contributed by atoms with Gasteiger partial charge in [-0.15, -0.1) is 0 Å². The molecule has 1 N–H and O–H groups in total. The fourth-order valence-corrected chi connectivity index (χ4v) is 2.20. The third-order valence-corrected chi connectivity index (χ3v) is 3.19. The monoisotopic (exact) mass is 270 g/mol. The molecule has 1 rings (SSSR count). The van der Waals surface area contributed by atoms with E-state index in [-0.39, 0.29) is 0 Å². The number of nitrogens with one attached hydrogen (secondary N) is 1. The van der Waals surface area contributed by atoms with Gasteiger partial charge in [-0.1, -0.05) is 6.07 Å². The first kappa shape index (κ1) is 16.1. The Bertz CT molecular complexity index is 384. The molecule has 4 heteroatoms. The van der Waals surface area contributed by atoms with Crippen LogP contribution < -0.4 is 5.32 Å². The molecule has 0 heterocycles. The predicted octanol–water partition coefficient (Wildman–Crippen LogP) is 3.17. The minimum atomic E-state index is -0.797. The quantitative estimate of drug-likeness (QED) is 0.766. The zero-order valence-electron chi connectivity index (χ0n) is 12.2. The topological polar surface area (TPSA) is 15.3 Å². The Hall–Kier alpha value is -1.00. The van der Waals surface area contributed by atoms with Crippen molar-refractivity contribution in [1.82, 2.24) is 10.2 Å². The number of benzene rings is 1. The molecule has 0 bridgehead atoms. The van der Waals surface area contributed by atoms with Gasteiger partial charge in [0, 0.05) is 31.7 Å². The van der Waals surface area contributed by atoms with Crippen molar-refractivity contribution in [2.24, 2.45) is 0 Å². The Kier molecular flexibility index (Phi) is 6.38. The van der Waals surface area contributed by atoms with E-state index in [4.69, 9.17) is 0 Å². The fraction of sp³-hybridized carbons (Fsp3) is 0.600. The molecule has 0 saturated carbocycles. The molecule has 0 aliphatic rings. The van der Waals surface area contributed by atoms with E-state index in [9.17, 15) is 8.78 Å². The van der Waals surface area contributed by atoms with Crippen LogP contribution in [0, 0.1) is 11.6 Å². The van der Waals surface area contributed by atoms with Crippen molar-refractivity contribution in [1.29, 1.82) is 0 Å². The molecule has 0 fully saturated rings. The summed E-state index contributed by atoms with van der Waals surface area (Å²) in [5, 5.41) is 3.26. The van der Waals surface area contributed by atoms with E-state index in [0.29, 0.717) is 18.6 Å². The van der Waals surface area contributed by atoms with Crippen LogP contribution >= 0.6 is 0 Å². The third kappa shape index (κ3) is 5.25. The van der Waals surface area contributed by atoms with Gasteiger partial charge >= 0.3 is 0 Å². The van der Waals surface area contributed by atoms with Crippen LogP contribution in [0.2, 0.25) is 0 Å². The highest BCUT2D eigenvalue weighted by Crippen LogP contribution is 2.08. The zero-order valence-corrected chi connectivity index (χ0v) is 12.2. The summed E-state index contributed by atoms with van der Waals surface area (Å²) in [5.74, 6) is -1.58. The smallest absolute Gasteiger partial charge is 0.159 e. The second kappa shape index (κ2) is 7.56. The first-order chi connectivity index (χ1) is 8.91. The van der Waals surface area contributed by atoms with Crippen LogP contribution in [-0.4, -0.2) is 30.1 Å². The van der Waals surface area contributed by atoms with Crippen LogP contribution in [0.15, 0.2) is 18.2 Å². The zero-order chi connectivity index (χ0) is 14.4. The molecule has 0 aliphatic heterocycles. The van der Waals surface area contributed by atoms with Gasteiger partial charge in [-0.25, -0.2) is 8.78 Å². The molecular weight excluding hydrogens is 246 g/mol. The first-order valence-corrected chi connectivity index (χ1v) is 6.82. The summed E-state index contributed by atoms with van der Waals surface area (Å²) in [7, 11) is 0. The van der Waals surface area contributed by atoms with E-state index >= 15 is 0 Å². The number of rotatable bonds is 7. The molecule has 0 saturated heterocycles. The Morgan fingerprint density at radius 1 is 1.05 bits per heavy atom. The fourth-order valence-electron chi connectivity index (χ4n) is 2.20. The van der Waals surface area contributed by atoms with Gasteiger partial charge in [-0.3, -0.25) is 4.90 Å². The van der Waals surface area contributed by atoms with Gasteiger partial charge in [-0.2, -0.15) is 0 Å². The molecule has 0 spiro atoms.